The van der Waals surface area contributed by atoms with Gasteiger partial charge in [-0.2, -0.15) is 0 Å². The maximum atomic E-state index is 5.68. The molecule has 0 aromatic heterocycles. The summed E-state index contributed by atoms with van der Waals surface area (Å²) in [4.78, 5) is 0. The van der Waals surface area contributed by atoms with E-state index >= 15 is 0 Å². The Kier molecular flexibility index (Phi) is 2.29. The van der Waals surface area contributed by atoms with Gasteiger partial charge in [0.25, 0.3) is 0 Å². The molecule has 0 fully saturated rings. The molecular weight excluding hydrogens is 197 g/mol. The topological polar surface area (TPSA) is 26.0 Å². The fraction of sp³-hybridized carbons (Fsp3) is 0.333. The third-order valence-electron chi connectivity index (χ3n) is 1.64. The molecule has 0 saturated heterocycles. The molecule has 0 heterocycles. The van der Waals surface area contributed by atoms with E-state index in [0.29, 0.717) is 0 Å². The first-order valence-corrected chi connectivity index (χ1v) is 10.2. The van der Waals surface area contributed by atoms with Crippen LogP contribution in [0.5, 0.6) is 0 Å². The van der Waals surface area contributed by atoms with Gasteiger partial charge >= 0.3 is 70.7 Å². The predicted molar refractivity (Wildman–Crippen MR) is 53.8 cm³/mol. The van der Waals surface area contributed by atoms with E-state index in [1.165, 1.54) is 4.35 Å². The molecule has 0 spiro atoms. The SMILES string of the molecule is C[As+](C)(C)c1cccc(N)c1. The number of nitrogen functional groups attached to an aromatic ring is 1. The van der Waals surface area contributed by atoms with Crippen LogP contribution in [0.1, 0.15) is 0 Å². The molecule has 0 bridgehead atoms. The zero-order chi connectivity index (χ0) is 8.48. The van der Waals surface area contributed by atoms with Crippen molar-refractivity contribution in [2.45, 2.75) is 17.1 Å². The van der Waals surface area contributed by atoms with Gasteiger partial charge in [-0.25, -0.2) is 0 Å². The number of nitrogens with two attached hydrogens (primary N) is 1. The molecule has 1 nitrogen and oxygen atoms in total. The van der Waals surface area contributed by atoms with Gasteiger partial charge in [0.05, 0.1) is 0 Å². The summed E-state index contributed by atoms with van der Waals surface area (Å²) in [6.07, 6.45) is 0. The normalized spacial score (nSPS) is 11.5. The van der Waals surface area contributed by atoms with Crippen molar-refractivity contribution in [1.82, 2.24) is 0 Å². The van der Waals surface area contributed by atoms with Crippen molar-refractivity contribution in [2.75, 3.05) is 5.73 Å². The quantitative estimate of drug-likeness (QED) is 0.557. The van der Waals surface area contributed by atoms with Crippen molar-refractivity contribution in [3.63, 3.8) is 0 Å². The molecule has 0 aliphatic heterocycles. The van der Waals surface area contributed by atoms with Crippen molar-refractivity contribution in [2.24, 2.45) is 0 Å². The minimum atomic E-state index is -1.46. The maximum absolute atomic E-state index is 5.68. The predicted octanol–water partition coefficient (Wildman–Crippen LogP) is 1.81. The van der Waals surface area contributed by atoms with Crippen LogP contribution in [0, 0.1) is 0 Å². The van der Waals surface area contributed by atoms with Gasteiger partial charge in [0, 0.05) is 0 Å². The summed E-state index contributed by atoms with van der Waals surface area (Å²) in [5.74, 6) is 0. The summed E-state index contributed by atoms with van der Waals surface area (Å²) in [5, 5.41) is 0. The van der Waals surface area contributed by atoms with Crippen LogP contribution in [0.15, 0.2) is 24.3 Å². The summed E-state index contributed by atoms with van der Waals surface area (Å²) in [6, 6.07) is 8.27. The minimum absolute atomic E-state index is 0.888. The van der Waals surface area contributed by atoms with Crippen molar-refractivity contribution in [3.8, 4) is 0 Å². The van der Waals surface area contributed by atoms with Crippen LogP contribution in [0.2, 0.25) is 17.1 Å². The van der Waals surface area contributed by atoms with Crippen LogP contribution >= 0.6 is 0 Å². The van der Waals surface area contributed by atoms with Gasteiger partial charge in [0.15, 0.2) is 0 Å². The molecule has 0 saturated carbocycles. The molecule has 1 aromatic rings. The first-order chi connectivity index (χ1) is 5.00. The second kappa shape index (κ2) is 2.90. The first-order valence-electron chi connectivity index (χ1n) is 3.68. The van der Waals surface area contributed by atoms with Gasteiger partial charge in [-0.15, -0.1) is 0 Å². The Bertz CT molecular complexity index is 250. The molecule has 1 rings (SSSR count). The third-order valence-corrected chi connectivity index (χ3v) is 5.48. The van der Waals surface area contributed by atoms with Gasteiger partial charge in [0.2, 0.25) is 0 Å². The average Bonchev–Trinajstić information content (AvgIpc) is 1.86. The van der Waals surface area contributed by atoms with Crippen molar-refractivity contribution in [3.05, 3.63) is 24.3 Å². The van der Waals surface area contributed by atoms with E-state index in [1.807, 2.05) is 12.1 Å². The zero-order valence-corrected chi connectivity index (χ0v) is 9.21. The van der Waals surface area contributed by atoms with E-state index in [2.05, 4.69) is 29.3 Å². The second-order valence-corrected chi connectivity index (χ2v) is 13.1. The Hall–Kier alpha value is -0.422. The fourth-order valence-electron chi connectivity index (χ4n) is 0.942. The molecule has 60 valence electrons. The van der Waals surface area contributed by atoms with E-state index in [0.717, 1.165) is 5.69 Å². The summed E-state index contributed by atoms with van der Waals surface area (Å²) < 4.78 is 1.46. The Morgan fingerprint density at radius 1 is 1.18 bits per heavy atom. The van der Waals surface area contributed by atoms with E-state index in [4.69, 9.17) is 5.73 Å². The van der Waals surface area contributed by atoms with E-state index in [-0.39, 0.29) is 0 Å². The van der Waals surface area contributed by atoms with Crippen LogP contribution in [0.4, 0.5) is 5.69 Å². The van der Waals surface area contributed by atoms with Crippen LogP contribution in [-0.4, -0.2) is 13.6 Å². The van der Waals surface area contributed by atoms with E-state index in [9.17, 15) is 0 Å². The Morgan fingerprint density at radius 2 is 1.82 bits per heavy atom. The Labute approximate surface area is 71.1 Å². The molecule has 0 aliphatic carbocycles. The molecule has 2 N–H and O–H groups in total. The van der Waals surface area contributed by atoms with E-state index in [1.54, 1.807) is 0 Å². The van der Waals surface area contributed by atoms with Gasteiger partial charge in [0.1, 0.15) is 0 Å². The second-order valence-electron chi connectivity index (χ2n) is 3.61. The Morgan fingerprint density at radius 3 is 2.18 bits per heavy atom. The zero-order valence-electron chi connectivity index (χ0n) is 7.33. The van der Waals surface area contributed by atoms with E-state index < -0.39 is 13.6 Å². The third kappa shape index (κ3) is 2.27. The molecule has 0 atom stereocenters. The number of anilines is 1. The summed E-state index contributed by atoms with van der Waals surface area (Å²) in [6.45, 7) is 0. The molecule has 0 unspecified atom stereocenters. The summed E-state index contributed by atoms with van der Waals surface area (Å²) in [5.41, 5.74) is 13.6. The Balaban J connectivity index is 3.06. The van der Waals surface area contributed by atoms with Crippen LogP contribution in [-0.2, 0) is 0 Å². The van der Waals surface area contributed by atoms with Gasteiger partial charge < -0.3 is 0 Å². The van der Waals surface area contributed by atoms with Gasteiger partial charge in [-0.05, 0) is 0 Å². The summed E-state index contributed by atoms with van der Waals surface area (Å²) >= 11 is -1.46. The number of hydrogen-bond donors (Lipinski definition) is 1. The monoisotopic (exact) mass is 212 g/mol. The first kappa shape index (κ1) is 8.67. The number of hydrogen-bond acceptors (Lipinski definition) is 1. The number of rotatable bonds is 1. The summed E-state index contributed by atoms with van der Waals surface area (Å²) in [7, 11) is 0. The molecule has 11 heavy (non-hydrogen) atoms. The molecule has 0 amide bonds. The van der Waals surface area contributed by atoms with Crippen LogP contribution in [0.3, 0.4) is 0 Å². The van der Waals surface area contributed by atoms with Crippen LogP contribution < -0.4 is 10.1 Å². The van der Waals surface area contributed by atoms with Gasteiger partial charge in [-0.1, -0.05) is 0 Å². The molecule has 0 radical (unpaired) electrons. The molecule has 0 aliphatic rings. The molecule has 1 aromatic carbocycles. The average molecular weight is 212 g/mol. The van der Waals surface area contributed by atoms with Crippen molar-refractivity contribution in [1.29, 1.82) is 0 Å². The van der Waals surface area contributed by atoms with Crippen molar-refractivity contribution >= 4 is 23.6 Å². The van der Waals surface area contributed by atoms with Gasteiger partial charge in [-0.3, -0.25) is 0 Å². The number of benzene rings is 1. The molecule has 2 heteroatoms. The van der Waals surface area contributed by atoms with Crippen molar-refractivity contribution < 1.29 is 0 Å². The fourth-order valence-corrected chi connectivity index (χ4v) is 3.19. The van der Waals surface area contributed by atoms with Crippen LogP contribution in [0.25, 0.3) is 0 Å². The molecular formula is C9H15AsN+. The standard InChI is InChI=1S/C9H15AsN/c1-10(2,3)8-5-4-6-9(11)7-8/h4-7H,11H2,1-3H3/q+1.